The topological polar surface area (TPSA) is 32.3 Å². The van der Waals surface area contributed by atoms with E-state index in [1.165, 1.54) is 16.0 Å². The maximum atomic E-state index is 9.14. The Hall–Kier alpha value is -1.29. The van der Waals surface area contributed by atoms with Gasteiger partial charge in [-0.05, 0) is 42.0 Å². The molecule has 1 atom stereocenters. The van der Waals surface area contributed by atoms with Crippen LogP contribution >= 0.6 is 11.8 Å². The fourth-order valence-electron chi connectivity index (χ4n) is 2.12. The van der Waals surface area contributed by atoms with Crippen molar-refractivity contribution in [2.75, 3.05) is 6.26 Å². The number of rotatable bonds is 6. The molecular weight excluding hydrogens is 266 g/mol. The molecule has 3 heteroatoms. The average Bonchev–Trinajstić information content (AvgIpc) is 2.53. The average molecular weight is 287 g/mol. The molecule has 0 amide bonds. The molecule has 0 aromatic heterocycles. The van der Waals surface area contributed by atoms with Crippen LogP contribution < -0.4 is 5.32 Å². The Balaban J connectivity index is 1.95. The molecule has 0 aliphatic rings. The Bertz CT molecular complexity index is 539. The summed E-state index contributed by atoms with van der Waals surface area (Å²) in [6.07, 6.45) is 2.09. The van der Waals surface area contributed by atoms with Crippen molar-refractivity contribution in [3.63, 3.8) is 0 Å². The summed E-state index contributed by atoms with van der Waals surface area (Å²) in [6.45, 7) is 3.07. The highest BCUT2D eigenvalue weighted by molar-refractivity contribution is 7.98. The molecule has 106 valence electrons. The zero-order chi connectivity index (χ0) is 14.4. The summed E-state index contributed by atoms with van der Waals surface area (Å²) < 4.78 is 0. The first-order chi connectivity index (χ1) is 9.72. The SMILES string of the molecule is CSc1ccc(C(C)NCc2cccc(CO)c2)cc1. The first kappa shape index (κ1) is 15.1. The van der Waals surface area contributed by atoms with E-state index in [0.717, 1.165) is 12.1 Å². The first-order valence-electron chi connectivity index (χ1n) is 6.79. The lowest BCUT2D eigenvalue weighted by Crippen LogP contribution is -2.18. The van der Waals surface area contributed by atoms with Crippen molar-refractivity contribution >= 4 is 11.8 Å². The fraction of sp³-hybridized carbons (Fsp3) is 0.294. The third kappa shape index (κ3) is 4.10. The summed E-state index contributed by atoms with van der Waals surface area (Å²) in [5, 5.41) is 12.7. The molecule has 0 saturated carbocycles. The smallest absolute Gasteiger partial charge is 0.0681 e. The van der Waals surface area contributed by atoms with Gasteiger partial charge < -0.3 is 10.4 Å². The maximum absolute atomic E-state index is 9.14. The molecule has 2 nitrogen and oxygen atoms in total. The Morgan fingerprint density at radius 1 is 1.10 bits per heavy atom. The molecule has 1 unspecified atom stereocenters. The van der Waals surface area contributed by atoms with Crippen molar-refractivity contribution in [3.05, 3.63) is 65.2 Å². The highest BCUT2D eigenvalue weighted by Gasteiger charge is 2.05. The van der Waals surface area contributed by atoms with Crippen LogP contribution in [0.25, 0.3) is 0 Å². The Morgan fingerprint density at radius 3 is 2.45 bits per heavy atom. The van der Waals surface area contributed by atoms with Crippen LogP contribution in [0.2, 0.25) is 0 Å². The highest BCUT2D eigenvalue weighted by Crippen LogP contribution is 2.19. The molecule has 0 aliphatic heterocycles. The monoisotopic (exact) mass is 287 g/mol. The molecule has 0 saturated heterocycles. The van der Waals surface area contributed by atoms with Gasteiger partial charge >= 0.3 is 0 Å². The highest BCUT2D eigenvalue weighted by atomic mass is 32.2. The van der Waals surface area contributed by atoms with Crippen LogP contribution in [0, 0.1) is 0 Å². The zero-order valence-corrected chi connectivity index (χ0v) is 12.8. The minimum absolute atomic E-state index is 0.0968. The largest absolute Gasteiger partial charge is 0.392 e. The van der Waals surface area contributed by atoms with Gasteiger partial charge in [0.2, 0.25) is 0 Å². The number of aliphatic hydroxyl groups is 1. The van der Waals surface area contributed by atoms with Crippen LogP contribution in [0.4, 0.5) is 0 Å². The summed E-state index contributed by atoms with van der Waals surface area (Å²) in [5.74, 6) is 0. The summed E-state index contributed by atoms with van der Waals surface area (Å²) in [7, 11) is 0. The van der Waals surface area contributed by atoms with Gasteiger partial charge in [0.05, 0.1) is 6.61 Å². The lowest BCUT2D eigenvalue weighted by atomic mass is 10.1. The van der Waals surface area contributed by atoms with Crippen LogP contribution in [0.5, 0.6) is 0 Å². The van der Waals surface area contributed by atoms with E-state index in [9.17, 15) is 0 Å². The predicted molar refractivity (Wildman–Crippen MR) is 85.8 cm³/mol. The van der Waals surface area contributed by atoms with E-state index in [2.05, 4.69) is 48.8 Å². The van der Waals surface area contributed by atoms with Crippen molar-refractivity contribution in [2.24, 2.45) is 0 Å². The molecule has 0 radical (unpaired) electrons. The van der Waals surface area contributed by atoms with E-state index in [4.69, 9.17) is 5.11 Å². The van der Waals surface area contributed by atoms with Crippen LogP contribution in [0.1, 0.15) is 29.7 Å². The summed E-state index contributed by atoms with van der Waals surface area (Å²) >= 11 is 1.76. The van der Waals surface area contributed by atoms with Gasteiger partial charge in [-0.2, -0.15) is 0 Å². The van der Waals surface area contributed by atoms with Gasteiger partial charge in [-0.25, -0.2) is 0 Å². The van der Waals surface area contributed by atoms with Gasteiger partial charge in [-0.1, -0.05) is 36.4 Å². The maximum Gasteiger partial charge on any atom is 0.0681 e. The second-order valence-electron chi connectivity index (χ2n) is 4.85. The van der Waals surface area contributed by atoms with Crippen LogP contribution in [-0.4, -0.2) is 11.4 Å². The molecule has 2 rings (SSSR count). The van der Waals surface area contributed by atoms with E-state index in [1.54, 1.807) is 11.8 Å². The van der Waals surface area contributed by atoms with Crippen molar-refractivity contribution in [1.82, 2.24) is 5.32 Å². The summed E-state index contributed by atoms with van der Waals surface area (Å²) in [5.41, 5.74) is 3.45. The van der Waals surface area contributed by atoms with Crippen LogP contribution in [0.15, 0.2) is 53.4 Å². The van der Waals surface area contributed by atoms with Crippen molar-refractivity contribution in [3.8, 4) is 0 Å². The van der Waals surface area contributed by atoms with Crippen molar-refractivity contribution < 1.29 is 5.11 Å². The number of nitrogens with one attached hydrogen (secondary N) is 1. The molecular formula is C17H21NOS. The number of hydrogen-bond donors (Lipinski definition) is 2. The molecule has 0 aliphatic carbocycles. The number of thioether (sulfide) groups is 1. The molecule has 0 bridgehead atoms. The second kappa shape index (κ2) is 7.48. The lowest BCUT2D eigenvalue weighted by Gasteiger charge is -2.15. The van der Waals surface area contributed by atoms with Gasteiger partial charge in [-0.3, -0.25) is 0 Å². The molecule has 20 heavy (non-hydrogen) atoms. The number of benzene rings is 2. The standard InChI is InChI=1S/C17H21NOS/c1-13(16-6-8-17(20-2)9-7-16)18-11-14-4-3-5-15(10-14)12-19/h3-10,13,18-19H,11-12H2,1-2H3. The van der Waals surface area contributed by atoms with Gasteiger partial charge in [0, 0.05) is 17.5 Å². The summed E-state index contributed by atoms with van der Waals surface area (Å²) in [6, 6.07) is 17.0. The molecule has 0 spiro atoms. The Labute approximate surface area is 125 Å². The van der Waals surface area contributed by atoms with E-state index < -0.39 is 0 Å². The predicted octanol–water partition coefficient (Wildman–Crippen LogP) is 3.75. The minimum Gasteiger partial charge on any atom is -0.392 e. The number of hydrogen-bond acceptors (Lipinski definition) is 3. The van der Waals surface area contributed by atoms with E-state index in [0.29, 0.717) is 6.04 Å². The molecule has 2 N–H and O–H groups in total. The van der Waals surface area contributed by atoms with E-state index in [1.807, 2.05) is 18.2 Å². The van der Waals surface area contributed by atoms with Gasteiger partial charge in [0.25, 0.3) is 0 Å². The first-order valence-corrected chi connectivity index (χ1v) is 8.01. The van der Waals surface area contributed by atoms with Crippen molar-refractivity contribution in [1.29, 1.82) is 0 Å². The third-order valence-corrected chi connectivity index (χ3v) is 4.15. The molecule has 2 aromatic rings. The van der Waals surface area contributed by atoms with Gasteiger partial charge in [0.1, 0.15) is 0 Å². The van der Waals surface area contributed by atoms with E-state index in [-0.39, 0.29) is 6.61 Å². The quantitative estimate of drug-likeness (QED) is 0.794. The molecule has 2 aromatic carbocycles. The molecule has 0 heterocycles. The zero-order valence-electron chi connectivity index (χ0n) is 12.0. The van der Waals surface area contributed by atoms with Crippen LogP contribution in [-0.2, 0) is 13.2 Å². The third-order valence-electron chi connectivity index (χ3n) is 3.40. The lowest BCUT2D eigenvalue weighted by molar-refractivity contribution is 0.281. The number of aliphatic hydroxyl groups excluding tert-OH is 1. The fourth-order valence-corrected chi connectivity index (χ4v) is 2.53. The normalized spacial score (nSPS) is 12.3. The Morgan fingerprint density at radius 2 is 1.80 bits per heavy atom. The summed E-state index contributed by atoms with van der Waals surface area (Å²) in [4.78, 5) is 1.29. The second-order valence-corrected chi connectivity index (χ2v) is 5.73. The van der Waals surface area contributed by atoms with E-state index >= 15 is 0 Å². The molecule has 0 fully saturated rings. The minimum atomic E-state index is 0.0968. The Kier molecular flexibility index (Phi) is 5.65. The van der Waals surface area contributed by atoms with Gasteiger partial charge in [-0.15, -0.1) is 11.8 Å². The van der Waals surface area contributed by atoms with Crippen molar-refractivity contribution in [2.45, 2.75) is 31.0 Å². The van der Waals surface area contributed by atoms with Crippen LogP contribution in [0.3, 0.4) is 0 Å². The van der Waals surface area contributed by atoms with Gasteiger partial charge in [0.15, 0.2) is 0 Å².